The molecule has 1 atom stereocenters. The van der Waals surface area contributed by atoms with Gasteiger partial charge >= 0.3 is 0 Å². The molecule has 0 aliphatic carbocycles. The number of hydrogen-bond donors (Lipinski definition) is 4. The van der Waals surface area contributed by atoms with Crippen LogP contribution in [0.1, 0.15) is 0 Å². The van der Waals surface area contributed by atoms with E-state index in [4.69, 9.17) is 10.2 Å². The first-order valence-electron chi connectivity index (χ1n) is 3.28. The molecule has 1 aromatic rings. The minimum absolute atomic E-state index is 0.152. The highest BCUT2D eigenvalue weighted by atomic mass is 31.2. The Morgan fingerprint density at radius 1 is 1.46 bits per heavy atom. The fourth-order valence-corrected chi connectivity index (χ4v) is 1.30. The van der Waals surface area contributed by atoms with Crippen molar-refractivity contribution >= 4 is 13.4 Å². The largest absolute Gasteiger partial charge is 0.772 e. The number of hydrogen-bond acceptors (Lipinski definition) is 4. The van der Waals surface area contributed by atoms with Crippen molar-refractivity contribution in [3.63, 3.8) is 0 Å². The molecule has 5 N–H and O–H groups in total. The van der Waals surface area contributed by atoms with Gasteiger partial charge in [-0.3, -0.25) is 10.1 Å². The minimum Gasteiger partial charge on any atom is -0.772 e. The van der Waals surface area contributed by atoms with Crippen LogP contribution in [0.2, 0.25) is 0 Å². The van der Waals surface area contributed by atoms with Gasteiger partial charge in [0.25, 0.3) is 0 Å². The van der Waals surface area contributed by atoms with E-state index in [1.165, 1.54) is 6.07 Å². The number of rotatable bonds is 2. The number of nitrogens with one attached hydrogen (secondary N) is 1. The lowest BCUT2D eigenvalue weighted by Crippen LogP contribution is -2.16. The molecule has 13 heavy (non-hydrogen) atoms. The van der Waals surface area contributed by atoms with E-state index < -0.39 is 7.67 Å². The molecule has 1 aromatic carbocycles. The molecule has 0 bridgehead atoms. The van der Waals surface area contributed by atoms with E-state index in [2.05, 4.69) is 5.50 Å². The Balaban J connectivity index is 3.01. The van der Waals surface area contributed by atoms with Crippen LogP contribution in [0.15, 0.2) is 18.2 Å². The third-order valence-corrected chi connectivity index (χ3v) is 1.81. The summed E-state index contributed by atoms with van der Waals surface area (Å²) >= 11 is 0. The summed E-state index contributed by atoms with van der Waals surface area (Å²) in [4.78, 5) is 10.6. The van der Waals surface area contributed by atoms with Crippen LogP contribution >= 0.6 is 7.67 Å². The molecule has 0 heterocycles. The topological polar surface area (TPSA) is 119 Å². The summed E-state index contributed by atoms with van der Waals surface area (Å²) in [6.45, 7) is 0. The fourth-order valence-electron chi connectivity index (χ4n) is 0.781. The number of aromatic hydroxyl groups is 2. The van der Waals surface area contributed by atoms with Crippen molar-refractivity contribution < 1.29 is 19.7 Å². The second-order valence-electron chi connectivity index (χ2n) is 2.41. The molecule has 0 aliphatic heterocycles. The summed E-state index contributed by atoms with van der Waals surface area (Å²) in [5, 5.41) is 19.9. The third-order valence-electron chi connectivity index (χ3n) is 1.26. The summed E-state index contributed by atoms with van der Waals surface area (Å²) in [6, 6.07) is 3.41. The average molecular weight is 203 g/mol. The maximum absolute atomic E-state index is 10.6. The van der Waals surface area contributed by atoms with Crippen LogP contribution in [-0.2, 0) is 4.57 Å². The van der Waals surface area contributed by atoms with Crippen molar-refractivity contribution in [2.75, 3.05) is 5.09 Å². The molecule has 0 saturated heterocycles. The predicted octanol–water partition coefficient (Wildman–Crippen LogP) is -0.0632. The third kappa shape index (κ3) is 2.95. The average Bonchev–Trinajstić information content (AvgIpc) is 1.94. The van der Waals surface area contributed by atoms with Gasteiger partial charge in [-0.05, 0) is 12.1 Å². The van der Waals surface area contributed by atoms with E-state index >= 15 is 0 Å². The predicted molar refractivity (Wildman–Crippen MR) is 45.2 cm³/mol. The molecule has 0 amide bonds. The number of phenols is 2. The smallest absolute Gasteiger partial charge is 0.165 e. The fraction of sp³-hybridized carbons (Fsp3) is 0. The van der Waals surface area contributed by atoms with Crippen LogP contribution in [0.4, 0.5) is 5.69 Å². The summed E-state index contributed by atoms with van der Waals surface area (Å²) in [6.07, 6.45) is 0. The molecule has 0 fully saturated rings. The monoisotopic (exact) mass is 203 g/mol. The zero-order chi connectivity index (χ0) is 10.1. The molecule has 7 heteroatoms. The second-order valence-corrected chi connectivity index (χ2v) is 3.83. The van der Waals surface area contributed by atoms with Crippen LogP contribution in [0.25, 0.3) is 0 Å². The van der Waals surface area contributed by atoms with E-state index in [-0.39, 0.29) is 17.2 Å². The van der Waals surface area contributed by atoms with Crippen LogP contribution < -0.4 is 15.5 Å². The van der Waals surface area contributed by atoms with Crippen LogP contribution in [0.3, 0.4) is 0 Å². The van der Waals surface area contributed by atoms with Gasteiger partial charge in [-0.2, -0.15) is 0 Å². The lowest BCUT2D eigenvalue weighted by molar-refractivity contribution is -0.173. The molecule has 0 radical (unpaired) electrons. The van der Waals surface area contributed by atoms with Gasteiger partial charge in [0.1, 0.15) is 11.5 Å². The van der Waals surface area contributed by atoms with Gasteiger partial charge in [0, 0.05) is 6.07 Å². The molecule has 0 aliphatic rings. The lowest BCUT2D eigenvalue weighted by Gasteiger charge is -2.20. The number of phenolic OH excluding ortho intramolecular Hbond substituents is 2. The summed E-state index contributed by atoms with van der Waals surface area (Å²) in [5.41, 5.74) is 4.53. The number of benzene rings is 1. The second kappa shape index (κ2) is 3.26. The normalized spacial score (nSPS) is 14.9. The minimum atomic E-state index is -4.21. The van der Waals surface area contributed by atoms with Gasteiger partial charge in [0.15, 0.2) is 7.67 Å². The van der Waals surface area contributed by atoms with Crippen molar-refractivity contribution in [3.05, 3.63) is 18.2 Å². The van der Waals surface area contributed by atoms with Gasteiger partial charge in [-0.15, -0.1) is 0 Å². The summed E-state index contributed by atoms with van der Waals surface area (Å²) < 4.78 is 10.6. The highest BCUT2D eigenvalue weighted by molar-refractivity contribution is 7.55. The Labute approximate surface area is 74.2 Å². The molecule has 0 aromatic heterocycles. The Bertz CT molecular complexity index is 362. The summed E-state index contributed by atoms with van der Waals surface area (Å²) in [5.74, 6) is -0.479. The number of nitrogens with two attached hydrogens (primary N) is 1. The van der Waals surface area contributed by atoms with Gasteiger partial charge in [0.2, 0.25) is 0 Å². The maximum atomic E-state index is 10.6. The van der Waals surface area contributed by atoms with Crippen molar-refractivity contribution in [2.24, 2.45) is 5.50 Å². The SMILES string of the molecule is NP(=O)([O-])Nc1cc(O)ccc1O. The van der Waals surface area contributed by atoms with Crippen molar-refractivity contribution in [3.8, 4) is 11.5 Å². The first kappa shape index (κ1) is 9.85. The van der Waals surface area contributed by atoms with Gasteiger partial charge in [-0.25, -0.2) is 0 Å². The highest BCUT2D eigenvalue weighted by Crippen LogP contribution is 2.34. The summed E-state index contributed by atoms with van der Waals surface area (Å²) in [7, 11) is -4.21. The van der Waals surface area contributed by atoms with Crippen LogP contribution in [0.5, 0.6) is 11.5 Å². The molecule has 1 unspecified atom stereocenters. The van der Waals surface area contributed by atoms with E-state index in [1.807, 2.05) is 5.09 Å². The molecule has 72 valence electrons. The number of anilines is 1. The van der Waals surface area contributed by atoms with Crippen molar-refractivity contribution in [2.45, 2.75) is 0 Å². The Kier molecular flexibility index (Phi) is 2.47. The van der Waals surface area contributed by atoms with Crippen molar-refractivity contribution in [1.82, 2.24) is 0 Å². The van der Waals surface area contributed by atoms with Crippen LogP contribution in [-0.4, -0.2) is 10.2 Å². The quantitative estimate of drug-likeness (QED) is 0.303. The Morgan fingerprint density at radius 3 is 2.62 bits per heavy atom. The molecule has 6 nitrogen and oxygen atoms in total. The highest BCUT2D eigenvalue weighted by Gasteiger charge is 2.05. The van der Waals surface area contributed by atoms with E-state index in [9.17, 15) is 9.46 Å². The van der Waals surface area contributed by atoms with E-state index in [0.717, 1.165) is 12.1 Å². The van der Waals surface area contributed by atoms with Gasteiger partial charge < -0.3 is 20.2 Å². The van der Waals surface area contributed by atoms with E-state index in [0.29, 0.717) is 0 Å². The zero-order valence-corrected chi connectivity index (χ0v) is 7.36. The molecule has 0 spiro atoms. The lowest BCUT2D eigenvalue weighted by atomic mass is 10.3. The first-order chi connectivity index (χ1) is 5.88. The van der Waals surface area contributed by atoms with Crippen LogP contribution in [0, 0.1) is 0 Å². The van der Waals surface area contributed by atoms with Crippen molar-refractivity contribution in [1.29, 1.82) is 0 Å². The first-order valence-corrected chi connectivity index (χ1v) is 4.98. The molecular formula is C6H8N2O4P-. The molecule has 1 rings (SSSR count). The molecule has 0 saturated carbocycles. The van der Waals surface area contributed by atoms with E-state index in [1.54, 1.807) is 0 Å². The van der Waals surface area contributed by atoms with Gasteiger partial charge in [0.05, 0.1) is 5.69 Å². The zero-order valence-electron chi connectivity index (χ0n) is 6.47. The Hall–Kier alpha value is -1.23. The maximum Gasteiger partial charge on any atom is 0.165 e. The van der Waals surface area contributed by atoms with Gasteiger partial charge in [-0.1, -0.05) is 0 Å². The molecular weight excluding hydrogens is 195 g/mol. The Morgan fingerprint density at radius 2 is 2.08 bits per heavy atom. The standard InChI is InChI=1S/C6H9N2O4P/c7-13(11,12)8-5-3-4(9)1-2-6(5)10/h1-3,9-10H,(H4,7,8,11,12)/p-1.